The highest BCUT2D eigenvalue weighted by molar-refractivity contribution is 7.99. The number of aromatic nitrogens is 2. The smallest absolute Gasteiger partial charge is 0.313 e. The number of thiophene rings is 1. The number of halogens is 1. The van der Waals surface area contributed by atoms with Crippen molar-refractivity contribution < 1.29 is 9.90 Å². The predicted molar refractivity (Wildman–Crippen MR) is 78.5 cm³/mol. The van der Waals surface area contributed by atoms with Crippen molar-refractivity contribution in [3.63, 3.8) is 0 Å². The molecule has 2 aromatic heterocycles. The van der Waals surface area contributed by atoms with Gasteiger partial charge in [-0.15, -0.1) is 11.3 Å². The summed E-state index contributed by atoms with van der Waals surface area (Å²) >= 11 is 8.70. The third-order valence-electron chi connectivity index (χ3n) is 2.57. The fraction of sp³-hybridized carbons (Fsp3) is 0.333. The van der Waals surface area contributed by atoms with Crippen molar-refractivity contribution in [2.24, 2.45) is 0 Å². The van der Waals surface area contributed by atoms with Crippen LogP contribution in [0.4, 0.5) is 0 Å². The van der Waals surface area contributed by atoms with Gasteiger partial charge in [0.1, 0.15) is 0 Å². The summed E-state index contributed by atoms with van der Waals surface area (Å²) in [5.74, 6) is -0.835. The number of carboxylic acid groups (broad SMARTS) is 1. The predicted octanol–water partition coefficient (Wildman–Crippen LogP) is 3.69. The molecule has 0 saturated carbocycles. The van der Waals surface area contributed by atoms with Crippen LogP contribution in [0.15, 0.2) is 23.5 Å². The highest BCUT2D eigenvalue weighted by atomic mass is 35.5. The van der Waals surface area contributed by atoms with Gasteiger partial charge in [-0.3, -0.25) is 4.79 Å². The van der Waals surface area contributed by atoms with Crippen molar-refractivity contribution in [2.75, 3.05) is 5.75 Å². The summed E-state index contributed by atoms with van der Waals surface area (Å²) in [7, 11) is 0. The maximum Gasteiger partial charge on any atom is 0.313 e. The topological polar surface area (TPSA) is 55.1 Å². The second-order valence-electron chi connectivity index (χ2n) is 4.07. The standard InChI is InChI=1S/C12H13ClN2O2S2/c1-7-5-15(12(14-7)18-6-11(16)17)8(2)9-3-4-10(13)19-9/h3-5,8H,6H2,1-2H3,(H,16,17). The average Bonchev–Trinajstić information content (AvgIpc) is 2.92. The molecule has 102 valence electrons. The first-order valence-electron chi connectivity index (χ1n) is 5.62. The fourth-order valence-corrected chi connectivity index (χ4v) is 3.63. The number of aliphatic carboxylic acids is 1. The molecule has 0 amide bonds. The molecule has 1 unspecified atom stereocenters. The van der Waals surface area contributed by atoms with Crippen molar-refractivity contribution in [3.8, 4) is 0 Å². The summed E-state index contributed by atoms with van der Waals surface area (Å²) < 4.78 is 2.74. The SMILES string of the molecule is Cc1cn(C(C)c2ccc(Cl)s2)c(SCC(=O)O)n1. The molecule has 2 rings (SSSR count). The first kappa shape index (κ1) is 14.4. The molecule has 0 bridgehead atoms. The van der Waals surface area contributed by atoms with Gasteiger partial charge in [0.05, 0.1) is 21.8 Å². The molecule has 1 atom stereocenters. The summed E-state index contributed by atoms with van der Waals surface area (Å²) in [4.78, 5) is 16.2. The van der Waals surface area contributed by atoms with E-state index in [4.69, 9.17) is 16.7 Å². The zero-order valence-corrected chi connectivity index (χ0v) is 12.8. The van der Waals surface area contributed by atoms with Crippen LogP contribution in [-0.2, 0) is 4.79 Å². The first-order chi connectivity index (χ1) is 8.97. The molecule has 0 aliphatic heterocycles. The third kappa shape index (κ3) is 3.52. The zero-order valence-electron chi connectivity index (χ0n) is 10.5. The number of hydrogen-bond donors (Lipinski definition) is 1. The third-order valence-corrected chi connectivity index (χ3v) is 4.92. The minimum absolute atomic E-state index is 0.00830. The van der Waals surface area contributed by atoms with Gasteiger partial charge in [0, 0.05) is 11.1 Å². The van der Waals surface area contributed by atoms with E-state index in [1.54, 1.807) is 0 Å². The lowest BCUT2D eigenvalue weighted by molar-refractivity contribution is -0.133. The van der Waals surface area contributed by atoms with E-state index >= 15 is 0 Å². The molecular weight excluding hydrogens is 304 g/mol. The van der Waals surface area contributed by atoms with E-state index < -0.39 is 5.97 Å². The quantitative estimate of drug-likeness (QED) is 0.855. The number of carbonyl (C=O) groups is 1. The van der Waals surface area contributed by atoms with Gasteiger partial charge in [-0.05, 0) is 26.0 Å². The highest BCUT2D eigenvalue weighted by Gasteiger charge is 2.16. The summed E-state index contributed by atoms with van der Waals surface area (Å²) in [5.41, 5.74) is 0.877. The molecule has 19 heavy (non-hydrogen) atoms. The van der Waals surface area contributed by atoms with Gasteiger partial charge in [0.2, 0.25) is 0 Å². The van der Waals surface area contributed by atoms with Crippen LogP contribution in [0.3, 0.4) is 0 Å². The maximum absolute atomic E-state index is 10.7. The Morgan fingerprint density at radius 1 is 1.63 bits per heavy atom. The van der Waals surface area contributed by atoms with Gasteiger partial charge in [-0.2, -0.15) is 0 Å². The molecule has 2 aromatic rings. The van der Waals surface area contributed by atoms with Crippen molar-refractivity contribution in [1.29, 1.82) is 0 Å². The normalized spacial score (nSPS) is 12.6. The molecule has 2 heterocycles. The molecule has 0 fully saturated rings. The number of aryl methyl sites for hydroxylation is 1. The number of hydrogen-bond acceptors (Lipinski definition) is 4. The average molecular weight is 317 g/mol. The Morgan fingerprint density at radius 3 is 2.95 bits per heavy atom. The zero-order chi connectivity index (χ0) is 14.0. The number of imidazole rings is 1. The molecule has 0 aliphatic carbocycles. The molecule has 7 heteroatoms. The Morgan fingerprint density at radius 2 is 2.37 bits per heavy atom. The molecule has 4 nitrogen and oxygen atoms in total. The van der Waals surface area contributed by atoms with Crippen molar-refractivity contribution >= 4 is 40.7 Å². The van der Waals surface area contributed by atoms with E-state index in [9.17, 15) is 4.79 Å². The van der Waals surface area contributed by atoms with Crippen LogP contribution in [-0.4, -0.2) is 26.4 Å². The Labute approximate surface area is 124 Å². The number of rotatable bonds is 5. The van der Waals surface area contributed by atoms with Crippen LogP contribution >= 0.6 is 34.7 Å². The second-order valence-corrected chi connectivity index (χ2v) is 6.76. The highest BCUT2D eigenvalue weighted by Crippen LogP contribution is 2.32. The largest absolute Gasteiger partial charge is 0.481 e. The lowest BCUT2D eigenvalue weighted by atomic mass is 10.3. The van der Waals surface area contributed by atoms with Crippen LogP contribution in [0.5, 0.6) is 0 Å². The van der Waals surface area contributed by atoms with Crippen LogP contribution in [0.25, 0.3) is 0 Å². The number of carboxylic acids is 1. The summed E-state index contributed by atoms with van der Waals surface area (Å²) in [5, 5.41) is 9.48. The Balaban J connectivity index is 2.25. The monoisotopic (exact) mass is 316 g/mol. The van der Waals surface area contributed by atoms with Gasteiger partial charge in [0.25, 0.3) is 0 Å². The van der Waals surface area contributed by atoms with Crippen LogP contribution in [0.2, 0.25) is 4.34 Å². The first-order valence-corrected chi connectivity index (χ1v) is 7.80. The maximum atomic E-state index is 10.7. The van der Waals surface area contributed by atoms with Gasteiger partial charge in [0.15, 0.2) is 5.16 Å². The van der Waals surface area contributed by atoms with Gasteiger partial charge in [-0.1, -0.05) is 23.4 Å². The summed E-state index contributed by atoms with van der Waals surface area (Å²) in [6.07, 6.45) is 1.93. The lowest BCUT2D eigenvalue weighted by Crippen LogP contribution is -2.07. The van der Waals surface area contributed by atoms with Crippen molar-refractivity contribution in [3.05, 3.63) is 33.2 Å². The van der Waals surface area contributed by atoms with E-state index in [0.717, 1.165) is 20.1 Å². The van der Waals surface area contributed by atoms with Crippen molar-refractivity contribution in [2.45, 2.75) is 25.0 Å². The Bertz CT molecular complexity index is 594. The minimum Gasteiger partial charge on any atom is -0.481 e. The number of nitrogens with zero attached hydrogens (tertiary/aromatic N) is 2. The lowest BCUT2D eigenvalue weighted by Gasteiger charge is -2.14. The van der Waals surface area contributed by atoms with Crippen molar-refractivity contribution in [1.82, 2.24) is 9.55 Å². The summed E-state index contributed by atoms with van der Waals surface area (Å²) in [6, 6.07) is 3.94. The minimum atomic E-state index is -0.843. The van der Waals surface area contributed by atoms with Gasteiger partial charge in [-0.25, -0.2) is 4.98 Å². The summed E-state index contributed by atoms with van der Waals surface area (Å²) in [6.45, 7) is 3.95. The van der Waals surface area contributed by atoms with E-state index in [1.807, 2.05) is 36.7 Å². The molecular formula is C12H13ClN2O2S2. The Kier molecular flexibility index (Phi) is 4.54. The number of thioether (sulfide) groups is 1. The molecule has 1 N–H and O–H groups in total. The second kappa shape index (κ2) is 5.98. The van der Waals surface area contributed by atoms with Crippen LogP contribution in [0.1, 0.15) is 23.5 Å². The van der Waals surface area contributed by atoms with E-state index in [0.29, 0.717) is 0 Å². The fourth-order valence-electron chi connectivity index (χ4n) is 1.69. The van der Waals surface area contributed by atoms with Crippen LogP contribution in [0, 0.1) is 6.92 Å². The Hall–Kier alpha value is -0.980. The van der Waals surface area contributed by atoms with Gasteiger partial charge < -0.3 is 9.67 Å². The van der Waals surface area contributed by atoms with E-state index in [-0.39, 0.29) is 11.8 Å². The van der Waals surface area contributed by atoms with E-state index in [1.165, 1.54) is 23.1 Å². The van der Waals surface area contributed by atoms with E-state index in [2.05, 4.69) is 4.98 Å². The molecule has 0 saturated heterocycles. The van der Waals surface area contributed by atoms with Gasteiger partial charge >= 0.3 is 5.97 Å². The van der Waals surface area contributed by atoms with Crippen LogP contribution < -0.4 is 0 Å². The molecule has 0 aliphatic rings. The molecule has 0 radical (unpaired) electrons. The molecule has 0 aromatic carbocycles. The molecule has 0 spiro atoms.